The molecule has 1 N–H and O–H groups in total. The molecule has 2 nitrogen and oxygen atoms in total. The monoisotopic (exact) mass is 315 g/mol. The maximum Gasteiger partial charge on any atom is 0.169 e. The van der Waals surface area contributed by atoms with E-state index in [1.54, 1.807) is 0 Å². The molecule has 1 aromatic heterocycles. The van der Waals surface area contributed by atoms with E-state index in [1.807, 2.05) is 6.07 Å². The highest BCUT2D eigenvalue weighted by molar-refractivity contribution is 9.10. The second-order valence-electron chi connectivity index (χ2n) is 4.88. The molecular weight excluding hydrogens is 290 g/mol. The van der Waals surface area contributed by atoms with Crippen LogP contribution in [0, 0.1) is 5.92 Å². The van der Waals surface area contributed by atoms with Crippen LogP contribution >= 0.6 is 15.9 Å². The molecule has 104 valence electrons. The van der Waals surface area contributed by atoms with Gasteiger partial charge in [0.2, 0.25) is 0 Å². The highest BCUT2D eigenvalue weighted by atomic mass is 79.9. The molecule has 0 aliphatic rings. The van der Waals surface area contributed by atoms with E-state index >= 15 is 0 Å². The van der Waals surface area contributed by atoms with Crippen molar-refractivity contribution in [2.24, 2.45) is 5.92 Å². The van der Waals surface area contributed by atoms with Crippen LogP contribution in [0.25, 0.3) is 0 Å². The van der Waals surface area contributed by atoms with Crippen molar-refractivity contribution in [3.05, 3.63) is 22.6 Å². The zero-order valence-electron chi connectivity index (χ0n) is 11.8. The maximum absolute atomic E-state index is 5.76. The van der Waals surface area contributed by atoms with Crippen LogP contribution in [0.3, 0.4) is 0 Å². The van der Waals surface area contributed by atoms with Crippen molar-refractivity contribution in [2.75, 3.05) is 6.54 Å². The number of rotatable bonds is 9. The summed E-state index contributed by atoms with van der Waals surface area (Å²) in [5, 5.41) is 3.64. The molecule has 1 rings (SSSR count). The van der Waals surface area contributed by atoms with Gasteiger partial charge in [-0.15, -0.1) is 0 Å². The number of hydrogen-bond acceptors (Lipinski definition) is 2. The molecule has 18 heavy (non-hydrogen) atoms. The van der Waals surface area contributed by atoms with Crippen LogP contribution in [0.2, 0.25) is 0 Å². The standard InChI is InChI=1S/C15H26BrNO/c1-4-7-8-12(6-3)15(17-11-5-2)13-9-10-14(16)18-13/h9-10,12,15,17H,4-8,11H2,1-3H3. The van der Waals surface area contributed by atoms with Gasteiger partial charge in [0.15, 0.2) is 4.67 Å². The van der Waals surface area contributed by atoms with Gasteiger partial charge in [-0.3, -0.25) is 0 Å². The van der Waals surface area contributed by atoms with Crippen molar-refractivity contribution in [1.29, 1.82) is 0 Å². The Morgan fingerprint density at radius 1 is 1.22 bits per heavy atom. The van der Waals surface area contributed by atoms with E-state index in [0.717, 1.165) is 23.4 Å². The number of nitrogens with one attached hydrogen (secondary N) is 1. The van der Waals surface area contributed by atoms with Crippen molar-refractivity contribution >= 4 is 15.9 Å². The van der Waals surface area contributed by atoms with Crippen molar-refractivity contribution in [3.63, 3.8) is 0 Å². The van der Waals surface area contributed by atoms with Crippen molar-refractivity contribution in [1.82, 2.24) is 5.32 Å². The summed E-state index contributed by atoms with van der Waals surface area (Å²) in [5.41, 5.74) is 0. The van der Waals surface area contributed by atoms with Gasteiger partial charge in [0.1, 0.15) is 5.76 Å². The zero-order chi connectivity index (χ0) is 13.4. The van der Waals surface area contributed by atoms with Crippen LogP contribution in [0.15, 0.2) is 21.2 Å². The fourth-order valence-corrected chi connectivity index (χ4v) is 2.69. The van der Waals surface area contributed by atoms with Gasteiger partial charge in [-0.25, -0.2) is 0 Å². The van der Waals surface area contributed by atoms with Gasteiger partial charge in [-0.05, 0) is 53.4 Å². The summed E-state index contributed by atoms with van der Waals surface area (Å²) in [6.07, 6.45) is 6.18. The van der Waals surface area contributed by atoms with Gasteiger partial charge in [-0.1, -0.05) is 40.0 Å². The third-order valence-corrected chi connectivity index (χ3v) is 3.87. The molecule has 2 unspecified atom stereocenters. The normalized spacial score (nSPS) is 14.7. The van der Waals surface area contributed by atoms with E-state index in [4.69, 9.17) is 4.42 Å². The van der Waals surface area contributed by atoms with Crippen LogP contribution in [0.4, 0.5) is 0 Å². The zero-order valence-corrected chi connectivity index (χ0v) is 13.4. The van der Waals surface area contributed by atoms with Gasteiger partial charge in [-0.2, -0.15) is 0 Å². The topological polar surface area (TPSA) is 25.2 Å². The smallest absolute Gasteiger partial charge is 0.169 e. The number of furan rings is 1. The summed E-state index contributed by atoms with van der Waals surface area (Å²) in [4.78, 5) is 0. The Kier molecular flexibility index (Phi) is 7.68. The van der Waals surface area contributed by atoms with Crippen LogP contribution < -0.4 is 5.32 Å². The van der Waals surface area contributed by atoms with Crippen LogP contribution in [0.1, 0.15) is 64.7 Å². The van der Waals surface area contributed by atoms with E-state index < -0.39 is 0 Å². The third kappa shape index (κ3) is 4.77. The van der Waals surface area contributed by atoms with Gasteiger partial charge in [0.25, 0.3) is 0 Å². The lowest BCUT2D eigenvalue weighted by atomic mass is 9.89. The van der Waals surface area contributed by atoms with E-state index in [2.05, 4.69) is 48.1 Å². The predicted molar refractivity (Wildman–Crippen MR) is 80.7 cm³/mol. The molecule has 0 aliphatic carbocycles. The summed E-state index contributed by atoms with van der Waals surface area (Å²) in [7, 11) is 0. The fourth-order valence-electron chi connectivity index (χ4n) is 2.37. The summed E-state index contributed by atoms with van der Waals surface area (Å²) < 4.78 is 6.58. The van der Waals surface area contributed by atoms with Crippen molar-refractivity contribution in [3.8, 4) is 0 Å². The minimum Gasteiger partial charge on any atom is -0.453 e. The Morgan fingerprint density at radius 3 is 2.50 bits per heavy atom. The lowest BCUT2D eigenvalue weighted by Crippen LogP contribution is -2.28. The highest BCUT2D eigenvalue weighted by Gasteiger charge is 2.23. The van der Waals surface area contributed by atoms with Gasteiger partial charge < -0.3 is 9.73 Å². The molecule has 3 heteroatoms. The molecule has 2 atom stereocenters. The Morgan fingerprint density at radius 2 is 2.00 bits per heavy atom. The molecule has 0 aliphatic heterocycles. The summed E-state index contributed by atoms with van der Waals surface area (Å²) in [5.74, 6) is 1.73. The molecule has 0 radical (unpaired) electrons. The first kappa shape index (κ1) is 15.8. The number of hydrogen-bond donors (Lipinski definition) is 1. The molecule has 1 aromatic rings. The highest BCUT2D eigenvalue weighted by Crippen LogP contribution is 2.31. The Bertz CT molecular complexity index is 324. The Labute approximate surface area is 120 Å². The average Bonchev–Trinajstić information content (AvgIpc) is 2.80. The van der Waals surface area contributed by atoms with Crippen LogP contribution in [-0.2, 0) is 0 Å². The molecule has 1 heterocycles. The number of unbranched alkanes of at least 4 members (excludes halogenated alkanes) is 1. The van der Waals surface area contributed by atoms with E-state index in [-0.39, 0.29) is 0 Å². The third-order valence-electron chi connectivity index (χ3n) is 3.44. The van der Waals surface area contributed by atoms with E-state index in [1.165, 1.54) is 25.7 Å². The van der Waals surface area contributed by atoms with Crippen molar-refractivity contribution < 1.29 is 4.42 Å². The summed E-state index contributed by atoms with van der Waals surface area (Å²) >= 11 is 3.40. The van der Waals surface area contributed by atoms with Gasteiger partial charge in [0.05, 0.1) is 6.04 Å². The van der Waals surface area contributed by atoms with Crippen LogP contribution in [0.5, 0.6) is 0 Å². The molecular formula is C15H26BrNO. The molecule has 0 saturated heterocycles. The SMILES string of the molecule is CCCCC(CC)C(NCCC)c1ccc(Br)o1. The minimum absolute atomic E-state index is 0.354. The first-order valence-corrected chi connectivity index (χ1v) is 8.00. The van der Waals surface area contributed by atoms with E-state index in [0.29, 0.717) is 12.0 Å². The Balaban J connectivity index is 2.74. The quantitative estimate of drug-likeness (QED) is 0.669. The molecule has 0 bridgehead atoms. The number of halogens is 1. The van der Waals surface area contributed by atoms with Gasteiger partial charge >= 0.3 is 0 Å². The molecule has 0 fully saturated rings. The second kappa shape index (κ2) is 8.76. The van der Waals surface area contributed by atoms with Crippen LogP contribution in [-0.4, -0.2) is 6.54 Å². The molecule has 0 spiro atoms. The largest absolute Gasteiger partial charge is 0.453 e. The minimum atomic E-state index is 0.354. The summed E-state index contributed by atoms with van der Waals surface area (Å²) in [6, 6.07) is 4.43. The van der Waals surface area contributed by atoms with E-state index in [9.17, 15) is 0 Å². The fraction of sp³-hybridized carbons (Fsp3) is 0.733. The van der Waals surface area contributed by atoms with Crippen molar-refractivity contribution in [2.45, 2.75) is 58.9 Å². The van der Waals surface area contributed by atoms with Gasteiger partial charge in [0, 0.05) is 0 Å². The maximum atomic E-state index is 5.76. The molecule has 0 saturated carbocycles. The lowest BCUT2D eigenvalue weighted by molar-refractivity contribution is 0.279. The predicted octanol–water partition coefficient (Wildman–Crippen LogP) is 5.30. The lowest BCUT2D eigenvalue weighted by Gasteiger charge is -2.25. The summed E-state index contributed by atoms with van der Waals surface area (Å²) in [6.45, 7) is 7.78. The Hall–Kier alpha value is -0.280. The second-order valence-corrected chi connectivity index (χ2v) is 5.67. The first-order chi connectivity index (χ1) is 8.72. The molecule has 0 aromatic carbocycles. The molecule has 0 amide bonds. The average molecular weight is 316 g/mol. The first-order valence-electron chi connectivity index (χ1n) is 7.21.